The Hall–Kier alpha value is -2.22. The molecule has 18 heavy (non-hydrogen) atoms. The molecule has 0 aliphatic carbocycles. The van der Waals surface area contributed by atoms with E-state index in [1.807, 2.05) is 0 Å². The smallest absolute Gasteiger partial charge is 0.391 e. The highest BCUT2D eigenvalue weighted by molar-refractivity contribution is 5.70. The Balaban J connectivity index is 2.02. The largest absolute Gasteiger partial charge is 0.416 e. The number of ether oxygens (including phenoxy) is 1. The predicted molar refractivity (Wildman–Crippen MR) is 61.4 cm³/mol. The average molecular weight is 252 g/mol. The first-order valence-corrected chi connectivity index (χ1v) is 5.45. The summed E-state index contributed by atoms with van der Waals surface area (Å²) in [6, 6.07) is 2.36. The highest BCUT2D eigenvalue weighted by Gasteiger charge is 2.19. The lowest BCUT2D eigenvalue weighted by Crippen LogP contribution is -2.47. The minimum absolute atomic E-state index is 0.0623. The second-order valence-corrected chi connectivity index (χ2v) is 3.71. The van der Waals surface area contributed by atoms with E-state index in [1.54, 1.807) is 0 Å². The minimum Gasteiger partial charge on any atom is -0.391 e. The van der Waals surface area contributed by atoms with Gasteiger partial charge in [0.05, 0.1) is 11.0 Å². The van der Waals surface area contributed by atoms with Crippen LogP contribution < -0.4 is 10.1 Å². The Bertz CT molecular complexity index is 459. The third-order valence-corrected chi connectivity index (χ3v) is 2.50. The number of aromatic nitrogens is 1. The van der Waals surface area contributed by atoms with E-state index in [4.69, 9.17) is 4.74 Å². The van der Waals surface area contributed by atoms with E-state index >= 15 is 0 Å². The number of hydrogen-bond donors (Lipinski definition) is 1. The van der Waals surface area contributed by atoms with Crippen LogP contribution in [0.5, 0.6) is 5.88 Å². The third-order valence-electron chi connectivity index (χ3n) is 2.50. The van der Waals surface area contributed by atoms with Gasteiger partial charge in [-0.05, 0) is 0 Å². The van der Waals surface area contributed by atoms with Crippen molar-refractivity contribution in [3.8, 4) is 5.88 Å². The molecule has 1 fully saturated rings. The lowest BCUT2D eigenvalue weighted by molar-refractivity contribution is -0.385. The van der Waals surface area contributed by atoms with Gasteiger partial charge < -0.3 is 15.0 Å². The van der Waals surface area contributed by atoms with Gasteiger partial charge >= 0.3 is 6.09 Å². The fourth-order valence-electron chi connectivity index (χ4n) is 1.57. The fourth-order valence-corrected chi connectivity index (χ4v) is 1.57. The first-order chi connectivity index (χ1) is 8.66. The summed E-state index contributed by atoms with van der Waals surface area (Å²) in [6.07, 6.45) is 0.697. The highest BCUT2D eigenvalue weighted by atomic mass is 16.6. The third kappa shape index (κ3) is 2.92. The van der Waals surface area contributed by atoms with Crippen LogP contribution in [0, 0.1) is 10.1 Å². The first-order valence-electron chi connectivity index (χ1n) is 5.45. The van der Waals surface area contributed by atoms with Gasteiger partial charge in [-0.15, -0.1) is 0 Å². The van der Waals surface area contributed by atoms with Crippen molar-refractivity contribution in [2.75, 3.05) is 26.2 Å². The lowest BCUT2D eigenvalue weighted by atomic mass is 10.4. The summed E-state index contributed by atoms with van der Waals surface area (Å²) >= 11 is 0. The van der Waals surface area contributed by atoms with Crippen LogP contribution in [0.4, 0.5) is 10.5 Å². The summed E-state index contributed by atoms with van der Waals surface area (Å²) < 4.78 is 4.99. The zero-order chi connectivity index (χ0) is 13.0. The molecule has 8 heteroatoms. The molecule has 0 saturated carbocycles. The lowest BCUT2D eigenvalue weighted by Gasteiger charge is -2.26. The van der Waals surface area contributed by atoms with Gasteiger partial charge in [0.15, 0.2) is 0 Å². The van der Waals surface area contributed by atoms with Gasteiger partial charge in [-0.1, -0.05) is 0 Å². The Labute approximate surface area is 103 Å². The van der Waals surface area contributed by atoms with Gasteiger partial charge in [0.1, 0.15) is 0 Å². The Morgan fingerprint density at radius 2 is 2.22 bits per heavy atom. The van der Waals surface area contributed by atoms with Crippen molar-refractivity contribution in [3.63, 3.8) is 0 Å². The van der Waals surface area contributed by atoms with Crippen LogP contribution in [0.1, 0.15) is 0 Å². The molecular weight excluding hydrogens is 240 g/mol. The maximum atomic E-state index is 11.7. The summed E-state index contributed by atoms with van der Waals surface area (Å²) in [4.78, 5) is 27.0. The van der Waals surface area contributed by atoms with Crippen molar-refractivity contribution in [2.24, 2.45) is 0 Å². The van der Waals surface area contributed by atoms with E-state index in [1.165, 1.54) is 17.2 Å². The number of carbonyl (C=O) groups is 1. The van der Waals surface area contributed by atoms with Crippen LogP contribution in [0.25, 0.3) is 0 Å². The summed E-state index contributed by atoms with van der Waals surface area (Å²) in [5, 5.41) is 13.7. The summed E-state index contributed by atoms with van der Waals surface area (Å²) in [5.41, 5.74) is -0.159. The van der Waals surface area contributed by atoms with E-state index in [-0.39, 0.29) is 11.6 Å². The number of piperazine rings is 1. The summed E-state index contributed by atoms with van der Waals surface area (Å²) in [6.45, 7) is 2.51. The molecule has 1 aromatic heterocycles. The molecule has 1 saturated heterocycles. The van der Waals surface area contributed by atoms with Gasteiger partial charge in [-0.25, -0.2) is 9.78 Å². The molecule has 0 aromatic carbocycles. The predicted octanol–water partition coefficient (Wildman–Crippen LogP) is 0.394. The molecule has 0 radical (unpaired) electrons. The van der Waals surface area contributed by atoms with Gasteiger partial charge in [0.25, 0.3) is 5.69 Å². The van der Waals surface area contributed by atoms with Crippen LogP contribution in [0.2, 0.25) is 0 Å². The topological polar surface area (TPSA) is 97.6 Å². The molecule has 0 unspecified atom stereocenters. The fraction of sp³-hybridized carbons (Fsp3) is 0.400. The van der Waals surface area contributed by atoms with Crippen LogP contribution in [0.15, 0.2) is 18.3 Å². The highest BCUT2D eigenvalue weighted by Crippen LogP contribution is 2.16. The monoisotopic (exact) mass is 252 g/mol. The number of amides is 1. The van der Waals surface area contributed by atoms with Crippen molar-refractivity contribution in [3.05, 3.63) is 28.4 Å². The molecule has 1 aromatic rings. The standard InChI is InChI=1S/C10H12N4O4/c15-10(13-5-3-11-4-6-13)18-9-7-8(14(16)17)1-2-12-9/h1-2,7,11H,3-6H2. The van der Waals surface area contributed by atoms with Gasteiger partial charge in [0.2, 0.25) is 5.88 Å². The van der Waals surface area contributed by atoms with E-state index in [9.17, 15) is 14.9 Å². The van der Waals surface area contributed by atoms with Crippen molar-refractivity contribution >= 4 is 11.8 Å². The van der Waals surface area contributed by atoms with Crippen molar-refractivity contribution in [1.29, 1.82) is 0 Å². The molecule has 1 N–H and O–H groups in total. The molecule has 1 amide bonds. The second kappa shape index (κ2) is 5.41. The maximum Gasteiger partial charge on any atom is 0.416 e. The first kappa shape index (κ1) is 12.2. The Kier molecular flexibility index (Phi) is 3.68. The number of nitrogens with zero attached hydrogens (tertiary/aromatic N) is 3. The van der Waals surface area contributed by atoms with Crippen LogP contribution in [-0.4, -0.2) is 47.1 Å². The van der Waals surface area contributed by atoms with Crippen molar-refractivity contribution < 1.29 is 14.5 Å². The number of nitro groups is 1. The number of carbonyl (C=O) groups excluding carboxylic acids is 1. The summed E-state index contributed by atoms with van der Waals surface area (Å²) in [5.74, 6) is -0.0623. The molecular formula is C10H12N4O4. The second-order valence-electron chi connectivity index (χ2n) is 3.71. The van der Waals surface area contributed by atoms with Gasteiger partial charge in [0, 0.05) is 38.4 Å². The summed E-state index contributed by atoms with van der Waals surface area (Å²) in [7, 11) is 0. The average Bonchev–Trinajstić information content (AvgIpc) is 2.40. The molecule has 0 bridgehead atoms. The van der Waals surface area contributed by atoms with E-state index in [0.29, 0.717) is 26.2 Å². The molecule has 96 valence electrons. The van der Waals surface area contributed by atoms with E-state index in [0.717, 1.165) is 6.07 Å². The van der Waals surface area contributed by atoms with Crippen LogP contribution >= 0.6 is 0 Å². The number of nitrogens with one attached hydrogen (secondary N) is 1. The molecule has 0 atom stereocenters. The molecule has 2 rings (SSSR count). The molecule has 1 aliphatic rings. The number of pyridine rings is 1. The van der Waals surface area contributed by atoms with Crippen molar-refractivity contribution in [2.45, 2.75) is 0 Å². The molecule has 8 nitrogen and oxygen atoms in total. The Morgan fingerprint density at radius 1 is 1.50 bits per heavy atom. The molecule has 1 aliphatic heterocycles. The zero-order valence-electron chi connectivity index (χ0n) is 9.54. The quantitative estimate of drug-likeness (QED) is 0.604. The van der Waals surface area contributed by atoms with Gasteiger partial charge in [-0.3, -0.25) is 10.1 Å². The van der Waals surface area contributed by atoms with Crippen molar-refractivity contribution in [1.82, 2.24) is 15.2 Å². The SMILES string of the molecule is O=C(Oc1cc([N+](=O)[O-])ccn1)N1CCNCC1. The van der Waals surface area contributed by atoms with Gasteiger partial charge in [-0.2, -0.15) is 0 Å². The number of rotatable bonds is 2. The molecule has 2 heterocycles. The number of hydrogen-bond acceptors (Lipinski definition) is 6. The zero-order valence-corrected chi connectivity index (χ0v) is 9.54. The van der Waals surface area contributed by atoms with E-state index < -0.39 is 11.0 Å². The molecule has 0 spiro atoms. The Morgan fingerprint density at radius 3 is 2.89 bits per heavy atom. The maximum absolute atomic E-state index is 11.7. The van der Waals surface area contributed by atoms with Crippen LogP contribution in [-0.2, 0) is 0 Å². The normalized spacial score (nSPS) is 15.2. The minimum atomic E-state index is -0.566. The van der Waals surface area contributed by atoms with Crippen LogP contribution in [0.3, 0.4) is 0 Å². The van der Waals surface area contributed by atoms with E-state index in [2.05, 4.69) is 10.3 Å².